The van der Waals surface area contributed by atoms with E-state index in [0.29, 0.717) is 18.4 Å². The Bertz CT molecular complexity index is 539. The van der Waals surface area contributed by atoms with Gasteiger partial charge in [-0.2, -0.15) is 20.1 Å². The second-order valence-corrected chi connectivity index (χ2v) is 4.19. The topological polar surface area (TPSA) is 71.8 Å². The molecule has 0 aliphatic rings. The molecule has 0 spiro atoms. The van der Waals surface area contributed by atoms with Gasteiger partial charge >= 0.3 is 0 Å². The Balaban J connectivity index is 2.17. The summed E-state index contributed by atoms with van der Waals surface area (Å²) in [5.41, 5.74) is 1.07. The molecule has 8 heteroatoms. The van der Waals surface area contributed by atoms with Gasteiger partial charge in [-0.1, -0.05) is 0 Å². The fourth-order valence-corrected chi connectivity index (χ4v) is 1.68. The third kappa shape index (κ3) is 2.86. The van der Waals surface area contributed by atoms with Crippen LogP contribution in [-0.4, -0.2) is 38.8 Å². The first kappa shape index (κ1) is 12.6. The van der Waals surface area contributed by atoms with Crippen molar-refractivity contribution < 1.29 is 0 Å². The van der Waals surface area contributed by atoms with E-state index in [1.165, 1.54) is 0 Å². The van der Waals surface area contributed by atoms with Gasteiger partial charge in [0, 0.05) is 39.4 Å². The Morgan fingerprint density at radius 2 is 2.17 bits per heavy atom. The molecule has 0 saturated heterocycles. The van der Waals surface area contributed by atoms with Gasteiger partial charge in [0.2, 0.25) is 17.2 Å². The van der Waals surface area contributed by atoms with E-state index in [-0.39, 0.29) is 5.28 Å². The van der Waals surface area contributed by atoms with E-state index < -0.39 is 0 Å². The van der Waals surface area contributed by atoms with Crippen LogP contribution >= 0.6 is 11.6 Å². The number of rotatable bonds is 4. The molecule has 18 heavy (non-hydrogen) atoms. The van der Waals surface area contributed by atoms with Crippen molar-refractivity contribution in [2.45, 2.75) is 6.54 Å². The number of aromatic nitrogens is 5. The molecule has 1 N–H and O–H groups in total. The molecule has 0 radical (unpaired) electrons. The molecule has 7 nitrogen and oxygen atoms in total. The molecule has 0 unspecified atom stereocenters. The largest absolute Gasteiger partial charge is 0.357 e. The van der Waals surface area contributed by atoms with Gasteiger partial charge in [-0.05, 0) is 11.6 Å². The van der Waals surface area contributed by atoms with Crippen LogP contribution in [0, 0.1) is 0 Å². The summed E-state index contributed by atoms with van der Waals surface area (Å²) in [4.78, 5) is 14.1. The number of hydrogen-bond acceptors (Lipinski definition) is 6. The zero-order chi connectivity index (χ0) is 13.1. The summed E-state index contributed by atoms with van der Waals surface area (Å²) >= 11 is 5.83. The molecular formula is C10H14ClN7. The van der Waals surface area contributed by atoms with Crippen molar-refractivity contribution in [1.82, 2.24) is 24.7 Å². The molecule has 2 heterocycles. The number of halogens is 1. The van der Waals surface area contributed by atoms with Crippen molar-refractivity contribution in [3.63, 3.8) is 0 Å². The van der Waals surface area contributed by atoms with Crippen LogP contribution in [0.3, 0.4) is 0 Å². The molecule has 0 amide bonds. The Kier molecular flexibility index (Phi) is 3.61. The van der Waals surface area contributed by atoms with Crippen LogP contribution in [0.5, 0.6) is 0 Å². The first-order chi connectivity index (χ1) is 8.58. The molecule has 2 aromatic heterocycles. The lowest BCUT2D eigenvalue weighted by Gasteiger charge is -2.16. The van der Waals surface area contributed by atoms with Crippen molar-refractivity contribution in [3.05, 3.63) is 23.2 Å². The van der Waals surface area contributed by atoms with E-state index in [1.54, 1.807) is 17.9 Å². The van der Waals surface area contributed by atoms with Crippen LogP contribution in [0.4, 0.5) is 11.9 Å². The van der Waals surface area contributed by atoms with E-state index in [2.05, 4.69) is 25.4 Å². The SMILES string of the molecule is CNc1nc(Cl)nc(N(C)Cc2cnn(C)c2)n1. The molecule has 96 valence electrons. The number of anilines is 2. The number of nitrogens with zero attached hydrogens (tertiary/aromatic N) is 6. The summed E-state index contributed by atoms with van der Waals surface area (Å²) in [6.45, 7) is 0.650. The molecule has 0 fully saturated rings. The molecular weight excluding hydrogens is 254 g/mol. The molecule has 0 atom stereocenters. The van der Waals surface area contributed by atoms with Crippen LogP contribution < -0.4 is 10.2 Å². The average Bonchev–Trinajstić information content (AvgIpc) is 2.73. The van der Waals surface area contributed by atoms with Crippen LogP contribution in [0.15, 0.2) is 12.4 Å². The summed E-state index contributed by atoms with van der Waals surface area (Å²) in [5.74, 6) is 0.964. The lowest BCUT2D eigenvalue weighted by atomic mass is 10.3. The second-order valence-electron chi connectivity index (χ2n) is 3.86. The minimum absolute atomic E-state index is 0.169. The smallest absolute Gasteiger partial charge is 0.231 e. The van der Waals surface area contributed by atoms with Gasteiger partial charge in [0.25, 0.3) is 0 Å². The van der Waals surface area contributed by atoms with Gasteiger partial charge in [-0.3, -0.25) is 4.68 Å². The first-order valence-corrected chi connectivity index (χ1v) is 5.74. The van der Waals surface area contributed by atoms with E-state index >= 15 is 0 Å². The minimum Gasteiger partial charge on any atom is -0.357 e. The van der Waals surface area contributed by atoms with E-state index in [9.17, 15) is 0 Å². The van der Waals surface area contributed by atoms with Crippen molar-refractivity contribution in [2.75, 3.05) is 24.3 Å². The Morgan fingerprint density at radius 3 is 2.78 bits per heavy atom. The maximum atomic E-state index is 5.83. The van der Waals surface area contributed by atoms with Crippen LogP contribution in [0.25, 0.3) is 0 Å². The predicted molar refractivity (Wildman–Crippen MR) is 69.7 cm³/mol. The third-order valence-electron chi connectivity index (χ3n) is 2.34. The van der Waals surface area contributed by atoms with Gasteiger partial charge in [0.1, 0.15) is 0 Å². The molecule has 2 rings (SSSR count). The molecule has 2 aromatic rings. The van der Waals surface area contributed by atoms with Crippen molar-refractivity contribution in [2.24, 2.45) is 7.05 Å². The Labute approximate surface area is 110 Å². The van der Waals surface area contributed by atoms with E-state index in [1.807, 2.05) is 25.2 Å². The Hall–Kier alpha value is -1.89. The second kappa shape index (κ2) is 5.18. The van der Waals surface area contributed by atoms with Crippen LogP contribution in [-0.2, 0) is 13.6 Å². The number of aryl methyl sites for hydroxylation is 1. The molecule has 0 bridgehead atoms. The monoisotopic (exact) mass is 267 g/mol. The van der Waals surface area contributed by atoms with Crippen molar-refractivity contribution in [3.8, 4) is 0 Å². The number of nitrogens with one attached hydrogen (secondary N) is 1. The standard InChI is InChI=1S/C10H14ClN7/c1-12-9-14-8(11)15-10(16-9)17(2)5-7-4-13-18(3)6-7/h4,6H,5H2,1-3H3,(H,12,14,15,16). The van der Waals surface area contributed by atoms with E-state index in [4.69, 9.17) is 11.6 Å². The van der Waals surface area contributed by atoms with Crippen LogP contribution in [0.2, 0.25) is 5.28 Å². The summed E-state index contributed by atoms with van der Waals surface area (Å²) < 4.78 is 1.75. The molecule has 0 aliphatic heterocycles. The van der Waals surface area contributed by atoms with Crippen molar-refractivity contribution in [1.29, 1.82) is 0 Å². The normalized spacial score (nSPS) is 10.4. The van der Waals surface area contributed by atoms with Gasteiger partial charge in [-0.25, -0.2) is 0 Å². The van der Waals surface area contributed by atoms with Gasteiger partial charge in [0.05, 0.1) is 6.20 Å². The Morgan fingerprint density at radius 1 is 1.39 bits per heavy atom. The summed E-state index contributed by atoms with van der Waals surface area (Å²) in [5, 5.41) is 7.12. The summed E-state index contributed by atoms with van der Waals surface area (Å²) in [6, 6.07) is 0. The maximum absolute atomic E-state index is 5.83. The predicted octanol–water partition coefficient (Wildman–Crippen LogP) is 0.937. The zero-order valence-corrected chi connectivity index (χ0v) is 11.2. The maximum Gasteiger partial charge on any atom is 0.231 e. The highest BCUT2D eigenvalue weighted by molar-refractivity contribution is 6.28. The van der Waals surface area contributed by atoms with Crippen LogP contribution in [0.1, 0.15) is 5.56 Å². The van der Waals surface area contributed by atoms with E-state index in [0.717, 1.165) is 5.56 Å². The molecule has 0 saturated carbocycles. The summed E-state index contributed by atoms with van der Waals surface area (Å²) in [7, 11) is 5.50. The molecule has 0 aromatic carbocycles. The highest BCUT2D eigenvalue weighted by Crippen LogP contribution is 2.14. The lowest BCUT2D eigenvalue weighted by Crippen LogP contribution is -2.20. The fourth-order valence-electron chi connectivity index (χ4n) is 1.52. The molecule has 0 aliphatic carbocycles. The van der Waals surface area contributed by atoms with Gasteiger partial charge in [-0.15, -0.1) is 0 Å². The lowest BCUT2D eigenvalue weighted by molar-refractivity contribution is 0.766. The minimum atomic E-state index is 0.169. The highest BCUT2D eigenvalue weighted by Gasteiger charge is 2.10. The average molecular weight is 268 g/mol. The highest BCUT2D eigenvalue weighted by atomic mass is 35.5. The zero-order valence-electron chi connectivity index (χ0n) is 10.4. The quantitative estimate of drug-likeness (QED) is 0.889. The fraction of sp³-hybridized carbons (Fsp3) is 0.400. The first-order valence-electron chi connectivity index (χ1n) is 5.36. The van der Waals surface area contributed by atoms with Crippen molar-refractivity contribution >= 4 is 23.5 Å². The van der Waals surface area contributed by atoms with Gasteiger partial charge < -0.3 is 10.2 Å². The third-order valence-corrected chi connectivity index (χ3v) is 2.51. The number of hydrogen-bond donors (Lipinski definition) is 1. The summed E-state index contributed by atoms with van der Waals surface area (Å²) in [6.07, 6.45) is 3.75. The van der Waals surface area contributed by atoms with Gasteiger partial charge in [0.15, 0.2) is 0 Å².